The zero-order valence-corrected chi connectivity index (χ0v) is 13.3. The Morgan fingerprint density at radius 3 is 2.70 bits per heavy atom. The molecule has 3 aromatic rings. The first-order chi connectivity index (χ1) is 9.72. The Morgan fingerprint density at radius 1 is 1.05 bits per heavy atom. The van der Waals surface area contributed by atoms with Crippen LogP contribution in [0.1, 0.15) is 0 Å². The molecule has 0 unspecified atom stereocenters. The predicted molar refractivity (Wildman–Crippen MR) is 87.8 cm³/mol. The second kappa shape index (κ2) is 5.91. The normalized spacial score (nSPS) is 10.5. The van der Waals surface area contributed by atoms with Crippen LogP contribution < -0.4 is 5.32 Å². The molecule has 0 radical (unpaired) electrons. The highest BCUT2D eigenvalue weighted by Gasteiger charge is 2.09. The molecule has 0 spiro atoms. The molecule has 0 aliphatic heterocycles. The maximum absolute atomic E-state index is 5.95. The van der Waals surface area contributed by atoms with E-state index in [4.69, 9.17) is 11.6 Å². The zero-order valence-electron chi connectivity index (χ0n) is 10.2. The van der Waals surface area contributed by atoms with Crippen molar-refractivity contribution >= 4 is 49.7 Å². The molecule has 0 fully saturated rings. The fourth-order valence-corrected chi connectivity index (χ4v) is 3.30. The van der Waals surface area contributed by atoms with E-state index in [9.17, 15) is 0 Å². The van der Waals surface area contributed by atoms with Crippen LogP contribution in [0.5, 0.6) is 0 Å². The number of hydrogen-bond acceptors (Lipinski definition) is 4. The van der Waals surface area contributed by atoms with Crippen molar-refractivity contribution in [2.75, 3.05) is 5.32 Å². The van der Waals surface area contributed by atoms with Crippen LogP contribution in [0, 0.1) is 0 Å². The molecular formula is C14H9BrClN3S. The van der Waals surface area contributed by atoms with Gasteiger partial charge < -0.3 is 5.32 Å². The molecule has 6 heteroatoms. The minimum Gasteiger partial charge on any atom is -0.330 e. The lowest BCUT2D eigenvalue weighted by Crippen LogP contribution is -1.88. The molecule has 0 bridgehead atoms. The van der Waals surface area contributed by atoms with Gasteiger partial charge >= 0.3 is 0 Å². The Bertz CT molecular complexity index is 745. The summed E-state index contributed by atoms with van der Waals surface area (Å²) in [4.78, 5) is 0. The molecule has 0 aliphatic carbocycles. The van der Waals surface area contributed by atoms with Crippen molar-refractivity contribution < 1.29 is 0 Å². The van der Waals surface area contributed by atoms with Crippen LogP contribution >= 0.6 is 38.9 Å². The van der Waals surface area contributed by atoms with Crippen LogP contribution in [-0.2, 0) is 0 Å². The lowest BCUT2D eigenvalue weighted by atomic mass is 10.2. The lowest BCUT2D eigenvalue weighted by Gasteiger charge is -2.01. The van der Waals surface area contributed by atoms with Gasteiger partial charge in [-0.25, -0.2) is 0 Å². The average Bonchev–Trinajstić information content (AvgIpc) is 2.87. The molecule has 100 valence electrons. The molecule has 20 heavy (non-hydrogen) atoms. The van der Waals surface area contributed by atoms with Gasteiger partial charge in [-0.05, 0) is 24.3 Å². The fourth-order valence-electron chi connectivity index (χ4n) is 1.71. The summed E-state index contributed by atoms with van der Waals surface area (Å²) in [5.74, 6) is 0. The van der Waals surface area contributed by atoms with Crippen LogP contribution in [0.3, 0.4) is 0 Å². The van der Waals surface area contributed by atoms with Gasteiger partial charge in [-0.3, -0.25) is 0 Å². The number of anilines is 2. The molecule has 1 heterocycles. The van der Waals surface area contributed by atoms with Crippen molar-refractivity contribution in [1.29, 1.82) is 0 Å². The second-order valence-corrected chi connectivity index (χ2v) is 6.30. The van der Waals surface area contributed by atoms with Crippen molar-refractivity contribution in [1.82, 2.24) is 10.2 Å². The minimum atomic E-state index is 0.686. The number of aromatic nitrogens is 2. The predicted octanol–water partition coefficient (Wildman–Crippen LogP) is 5.36. The quantitative estimate of drug-likeness (QED) is 0.677. The average molecular weight is 367 g/mol. The summed E-state index contributed by atoms with van der Waals surface area (Å²) in [6, 6.07) is 15.5. The first kappa shape index (κ1) is 13.5. The van der Waals surface area contributed by atoms with Gasteiger partial charge in [0.05, 0.1) is 0 Å². The lowest BCUT2D eigenvalue weighted by molar-refractivity contribution is 1.10. The summed E-state index contributed by atoms with van der Waals surface area (Å²) in [5, 5.41) is 13.8. The molecule has 0 amide bonds. The highest BCUT2D eigenvalue weighted by atomic mass is 79.9. The third-order valence-corrected chi connectivity index (χ3v) is 4.40. The molecule has 0 aliphatic rings. The molecule has 3 nitrogen and oxygen atoms in total. The van der Waals surface area contributed by atoms with E-state index in [1.165, 1.54) is 11.3 Å². The maximum Gasteiger partial charge on any atom is 0.210 e. The third kappa shape index (κ3) is 3.00. The Kier molecular flexibility index (Phi) is 4.00. The molecule has 0 saturated carbocycles. The highest BCUT2D eigenvalue weighted by molar-refractivity contribution is 9.10. The summed E-state index contributed by atoms with van der Waals surface area (Å²) in [5.41, 5.74) is 1.93. The van der Waals surface area contributed by atoms with E-state index in [1.807, 2.05) is 48.5 Å². The van der Waals surface area contributed by atoms with Crippen LogP contribution in [0.25, 0.3) is 10.6 Å². The summed E-state index contributed by atoms with van der Waals surface area (Å²) in [6.07, 6.45) is 0. The third-order valence-electron chi connectivity index (χ3n) is 2.61. The minimum absolute atomic E-state index is 0.686. The van der Waals surface area contributed by atoms with Gasteiger partial charge in [-0.1, -0.05) is 63.1 Å². The summed E-state index contributed by atoms with van der Waals surface area (Å²) >= 11 is 11.0. The molecule has 1 N–H and O–H groups in total. The molecule has 3 rings (SSSR count). The monoisotopic (exact) mass is 365 g/mol. The van der Waals surface area contributed by atoms with Crippen molar-refractivity contribution in [3.8, 4) is 10.6 Å². The van der Waals surface area contributed by atoms with Crippen molar-refractivity contribution in [2.24, 2.45) is 0 Å². The number of benzene rings is 2. The molecule has 2 aromatic carbocycles. The Balaban J connectivity index is 1.86. The van der Waals surface area contributed by atoms with Crippen molar-refractivity contribution in [3.63, 3.8) is 0 Å². The zero-order chi connectivity index (χ0) is 13.9. The Labute approximate surface area is 133 Å². The first-order valence-electron chi connectivity index (χ1n) is 5.83. The van der Waals surface area contributed by atoms with Gasteiger partial charge in [0.25, 0.3) is 0 Å². The largest absolute Gasteiger partial charge is 0.330 e. The van der Waals surface area contributed by atoms with E-state index in [1.54, 1.807) is 0 Å². The number of halogens is 2. The van der Waals surface area contributed by atoms with Gasteiger partial charge in [0.2, 0.25) is 5.13 Å². The van der Waals surface area contributed by atoms with E-state index in [0.717, 1.165) is 25.9 Å². The Morgan fingerprint density at radius 2 is 1.90 bits per heavy atom. The van der Waals surface area contributed by atoms with Crippen LogP contribution in [0.4, 0.5) is 10.8 Å². The van der Waals surface area contributed by atoms with E-state index in [-0.39, 0.29) is 0 Å². The van der Waals surface area contributed by atoms with Crippen molar-refractivity contribution in [3.05, 3.63) is 58.0 Å². The number of rotatable bonds is 3. The number of nitrogens with zero attached hydrogens (tertiary/aromatic N) is 2. The SMILES string of the molecule is Clc1cccc(Nc2nnc(-c3ccccc3Br)s2)c1. The molecule has 0 saturated heterocycles. The van der Waals surface area contributed by atoms with Crippen LogP contribution in [-0.4, -0.2) is 10.2 Å². The van der Waals surface area contributed by atoms with Crippen LogP contribution in [0.15, 0.2) is 53.0 Å². The fraction of sp³-hybridized carbons (Fsp3) is 0. The number of hydrogen-bond donors (Lipinski definition) is 1. The maximum atomic E-state index is 5.95. The van der Waals surface area contributed by atoms with Gasteiger partial charge in [-0.2, -0.15) is 0 Å². The van der Waals surface area contributed by atoms with Gasteiger partial charge in [-0.15, -0.1) is 10.2 Å². The van der Waals surface area contributed by atoms with Gasteiger partial charge in [0, 0.05) is 20.7 Å². The number of nitrogens with one attached hydrogen (secondary N) is 1. The van der Waals surface area contributed by atoms with E-state index in [0.29, 0.717) is 5.02 Å². The van der Waals surface area contributed by atoms with Gasteiger partial charge in [0.15, 0.2) is 5.01 Å². The van der Waals surface area contributed by atoms with Crippen molar-refractivity contribution in [2.45, 2.75) is 0 Å². The smallest absolute Gasteiger partial charge is 0.210 e. The first-order valence-corrected chi connectivity index (χ1v) is 7.82. The standard InChI is InChI=1S/C14H9BrClN3S/c15-12-7-2-1-6-11(12)13-18-19-14(20-13)17-10-5-3-4-9(16)8-10/h1-8H,(H,17,19). The summed E-state index contributed by atoms with van der Waals surface area (Å²) in [6.45, 7) is 0. The Hall–Kier alpha value is -1.43. The topological polar surface area (TPSA) is 37.8 Å². The summed E-state index contributed by atoms with van der Waals surface area (Å²) < 4.78 is 1.01. The molecule has 1 aromatic heterocycles. The van der Waals surface area contributed by atoms with Crippen LogP contribution in [0.2, 0.25) is 5.02 Å². The van der Waals surface area contributed by atoms with E-state index < -0.39 is 0 Å². The molecular weight excluding hydrogens is 358 g/mol. The summed E-state index contributed by atoms with van der Waals surface area (Å²) in [7, 11) is 0. The van der Waals surface area contributed by atoms with E-state index in [2.05, 4.69) is 31.4 Å². The highest BCUT2D eigenvalue weighted by Crippen LogP contribution is 2.33. The van der Waals surface area contributed by atoms with Gasteiger partial charge in [0.1, 0.15) is 0 Å². The second-order valence-electron chi connectivity index (χ2n) is 4.03. The van der Waals surface area contributed by atoms with E-state index >= 15 is 0 Å². The molecule has 0 atom stereocenters.